The predicted octanol–water partition coefficient (Wildman–Crippen LogP) is 6.05. The first-order valence-electron chi connectivity index (χ1n) is 10.9. The van der Waals surface area contributed by atoms with Gasteiger partial charge >= 0.3 is 0 Å². The Morgan fingerprint density at radius 1 is 0.833 bits per heavy atom. The number of aliphatic imine (C=N–C) groups is 1. The molecule has 6 rings (SSSR count). The summed E-state index contributed by atoms with van der Waals surface area (Å²) >= 11 is 6.20. The lowest BCUT2D eigenvalue weighted by molar-refractivity contribution is 0.0215. The SMILES string of the molecule is Clc1cccc(C=N[C@@H]2C3CCN(CC3)[C@@H]2C(c2ccccc2)c2ccccc2)c1. The van der Waals surface area contributed by atoms with Crippen LogP contribution in [0.5, 0.6) is 0 Å². The zero-order chi connectivity index (χ0) is 20.3. The molecule has 0 radical (unpaired) electrons. The summed E-state index contributed by atoms with van der Waals surface area (Å²) in [7, 11) is 0. The first kappa shape index (κ1) is 19.5. The second-order valence-corrected chi connectivity index (χ2v) is 8.92. The molecule has 3 aliphatic heterocycles. The van der Waals surface area contributed by atoms with Gasteiger partial charge in [-0.1, -0.05) is 84.4 Å². The van der Waals surface area contributed by atoms with E-state index in [0.29, 0.717) is 17.9 Å². The normalized spacial score (nSPS) is 25.8. The zero-order valence-electron chi connectivity index (χ0n) is 17.1. The van der Waals surface area contributed by atoms with Crippen molar-refractivity contribution >= 4 is 17.8 Å². The van der Waals surface area contributed by atoms with Crippen LogP contribution in [-0.2, 0) is 0 Å². The molecular formula is C27H27ClN2. The molecule has 2 atom stereocenters. The van der Waals surface area contributed by atoms with E-state index in [9.17, 15) is 0 Å². The molecule has 2 nitrogen and oxygen atoms in total. The second kappa shape index (κ2) is 8.75. The van der Waals surface area contributed by atoms with Gasteiger partial charge in [-0.25, -0.2) is 0 Å². The molecule has 30 heavy (non-hydrogen) atoms. The van der Waals surface area contributed by atoms with Crippen molar-refractivity contribution in [1.29, 1.82) is 0 Å². The summed E-state index contributed by atoms with van der Waals surface area (Å²) in [6.45, 7) is 2.35. The molecule has 3 aromatic carbocycles. The fourth-order valence-corrected chi connectivity index (χ4v) is 5.54. The van der Waals surface area contributed by atoms with Gasteiger partial charge in [0, 0.05) is 23.2 Å². The van der Waals surface area contributed by atoms with E-state index < -0.39 is 0 Å². The lowest BCUT2D eigenvalue weighted by Crippen LogP contribution is -2.59. The largest absolute Gasteiger partial charge is 0.297 e. The quantitative estimate of drug-likeness (QED) is 0.464. The maximum absolute atomic E-state index is 6.20. The third-order valence-electron chi connectivity index (χ3n) is 6.73. The third kappa shape index (κ3) is 3.95. The maximum atomic E-state index is 6.20. The number of rotatable bonds is 5. The molecule has 0 aliphatic carbocycles. The standard InChI is InChI=1S/C27H27ClN2/c28-24-13-7-8-20(18-24)19-29-26-23-14-16-30(17-15-23)27(26)25(21-9-3-1-4-10-21)22-11-5-2-6-12-22/h1-13,18-19,23,25-27H,14-17H2/t26-,27-/m1/s1. The van der Waals surface area contributed by atoms with Crippen LogP contribution in [0.25, 0.3) is 0 Å². The summed E-state index contributed by atoms with van der Waals surface area (Å²) in [5.74, 6) is 0.961. The van der Waals surface area contributed by atoms with Crippen LogP contribution >= 0.6 is 11.6 Å². The van der Waals surface area contributed by atoms with Crippen LogP contribution in [0.2, 0.25) is 5.02 Å². The topological polar surface area (TPSA) is 15.6 Å². The molecule has 0 saturated carbocycles. The lowest BCUT2D eigenvalue weighted by atomic mass is 9.71. The van der Waals surface area contributed by atoms with E-state index in [1.54, 1.807) is 0 Å². The minimum Gasteiger partial charge on any atom is -0.297 e. The molecule has 3 heteroatoms. The van der Waals surface area contributed by atoms with Crippen molar-refractivity contribution in [3.05, 3.63) is 107 Å². The molecule has 3 aliphatic rings. The Morgan fingerprint density at radius 3 is 2.07 bits per heavy atom. The molecule has 3 aromatic rings. The number of benzene rings is 3. The van der Waals surface area contributed by atoms with Crippen LogP contribution in [0.4, 0.5) is 0 Å². The van der Waals surface area contributed by atoms with Gasteiger partial charge < -0.3 is 0 Å². The first-order valence-corrected chi connectivity index (χ1v) is 11.3. The fraction of sp³-hybridized carbons (Fsp3) is 0.296. The Balaban J connectivity index is 1.55. The molecule has 0 N–H and O–H groups in total. The Labute approximate surface area is 184 Å². The van der Waals surface area contributed by atoms with Crippen LogP contribution in [0.1, 0.15) is 35.4 Å². The van der Waals surface area contributed by atoms with Gasteiger partial charge in [-0.2, -0.15) is 0 Å². The number of nitrogens with zero attached hydrogens (tertiary/aromatic N) is 2. The highest BCUT2D eigenvalue weighted by atomic mass is 35.5. The molecule has 0 spiro atoms. The molecule has 3 saturated heterocycles. The van der Waals surface area contributed by atoms with E-state index in [1.807, 2.05) is 24.4 Å². The van der Waals surface area contributed by atoms with E-state index in [1.165, 1.54) is 37.1 Å². The number of hydrogen-bond donors (Lipinski definition) is 0. The minimum absolute atomic E-state index is 0.289. The van der Waals surface area contributed by atoms with Gasteiger partial charge in [0.1, 0.15) is 0 Å². The minimum atomic E-state index is 0.289. The summed E-state index contributed by atoms with van der Waals surface area (Å²) in [6.07, 6.45) is 4.52. The Kier molecular flexibility index (Phi) is 5.70. The van der Waals surface area contributed by atoms with Gasteiger partial charge in [-0.15, -0.1) is 0 Å². The van der Waals surface area contributed by atoms with E-state index in [4.69, 9.17) is 16.6 Å². The van der Waals surface area contributed by atoms with E-state index in [2.05, 4.69) is 71.6 Å². The summed E-state index contributed by atoms with van der Waals surface area (Å²) in [5.41, 5.74) is 3.84. The van der Waals surface area contributed by atoms with Gasteiger partial charge in [-0.3, -0.25) is 9.89 Å². The van der Waals surface area contributed by atoms with Crippen molar-refractivity contribution in [2.75, 3.05) is 13.1 Å². The number of fused-ring (bicyclic) bond motifs is 3. The van der Waals surface area contributed by atoms with E-state index in [0.717, 1.165) is 10.6 Å². The summed E-state index contributed by atoms with van der Waals surface area (Å²) in [4.78, 5) is 7.89. The second-order valence-electron chi connectivity index (χ2n) is 8.49. The molecule has 3 heterocycles. The first-order chi connectivity index (χ1) is 14.8. The van der Waals surface area contributed by atoms with Crippen LogP contribution in [-0.4, -0.2) is 36.3 Å². The summed E-state index contributed by atoms with van der Waals surface area (Å²) in [6, 6.07) is 30.6. The predicted molar refractivity (Wildman–Crippen MR) is 126 cm³/mol. The van der Waals surface area contributed by atoms with Crippen molar-refractivity contribution in [3.63, 3.8) is 0 Å². The molecule has 2 bridgehead atoms. The molecule has 3 fully saturated rings. The van der Waals surface area contributed by atoms with Gasteiger partial charge in [0.15, 0.2) is 0 Å². The molecule has 0 amide bonds. The number of hydrogen-bond acceptors (Lipinski definition) is 2. The van der Waals surface area contributed by atoms with Gasteiger partial charge in [0.2, 0.25) is 0 Å². The van der Waals surface area contributed by atoms with Crippen molar-refractivity contribution in [3.8, 4) is 0 Å². The third-order valence-corrected chi connectivity index (χ3v) is 6.97. The molecule has 152 valence electrons. The summed E-state index contributed by atoms with van der Waals surface area (Å²) < 4.78 is 0. The Hall–Kier alpha value is -2.42. The smallest absolute Gasteiger partial charge is 0.0693 e. The highest BCUT2D eigenvalue weighted by Gasteiger charge is 2.46. The maximum Gasteiger partial charge on any atom is 0.0693 e. The van der Waals surface area contributed by atoms with E-state index >= 15 is 0 Å². The highest BCUT2D eigenvalue weighted by Crippen LogP contribution is 2.43. The fourth-order valence-electron chi connectivity index (χ4n) is 5.34. The van der Waals surface area contributed by atoms with Gasteiger partial charge in [0.05, 0.1) is 6.04 Å². The van der Waals surface area contributed by atoms with Crippen LogP contribution in [0, 0.1) is 5.92 Å². The van der Waals surface area contributed by atoms with Gasteiger partial charge in [-0.05, 0) is 60.7 Å². The molecular weight excluding hydrogens is 388 g/mol. The van der Waals surface area contributed by atoms with Crippen molar-refractivity contribution in [1.82, 2.24) is 4.90 Å². The van der Waals surface area contributed by atoms with Crippen LogP contribution in [0.3, 0.4) is 0 Å². The molecule has 0 aromatic heterocycles. The monoisotopic (exact) mass is 414 g/mol. The Morgan fingerprint density at radius 2 is 1.47 bits per heavy atom. The average Bonchev–Trinajstić information content (AvgIpc) is 2.81. The highest BCUT2D eigenvalue weighted by molar-refractivity contribution is 6.30. The van der Waals surface area contributed by atoms with E-state index in [-0.39, 0.29) is 6.04 Å². The van der Waals surface area contributed by atoms with Crippen LogP contribution < -0.4 is 0 Å². The lowest BCUT2D eigenvalue weighted by Gasteiger charge is -2.52. The van der Waals surface area contributed by atoms with Gasteiger partial charge in [0.25, 0.3) is 0 Å². The van der Waals surface area contributed by atoms with Crippen molar-refractivity contribution < 1.29 is 0 Å². The van der Waals surface area contributed by atoms with Crippen LogP contribution in [0.15, 0.2) is 89.9 Å². The zero-order valence-corrected chi connectivity index (χ0v) is 17.8. The number of halogens is 1. The Bertz CT molecular complexity index is 954. The average molecular weight is 415 g/mol. The van der Waals surface area contributed by atoms with Crippen molar-refractivity contribution in [2.24, 2.45) is 10.9 Å². The number of piperidine rings is 3. The molecule has 0 unspecified atom stereocenters. The van der Waals surface area contributed by atoms with Crippen molar-refractivity contribution in [2.45, 2.75) is 30.8 Å². The summed E-state index contributed by atoms with van der Waals surface area (Å²) in [5, 5.41) is 0.760.